The summed E-state index contributed by atoms with van der Waals surface area (Å²) in [6.07, 6.45) is 2.97. The van der Waals surface area contributed by atoms with Crippen LogP contribution in [0.25, 0.3) is 0 Å². The maximum Gasteiger partial charge on any atom is 0.119 e. The van der Waals surface area contributed by atoms with Crippen LogP contribution in [0.15, 0.2) is 24.3 Å². The van der Waals surface area contributed by atoms with Crippen molar-refractivity contribution in [2.24, 2.45) is 0 Å². The Hall–Kier alpha value is -0.980. The topological polar surface area (TPSA) is 9.23 Å². The van der Waals surface area contributed by atoms with E-state index in [0.717, 1.165) is 5.75 Å². The summed E-state index contributed by atoms with van der Waals surface area (Å²) >= 11 is 0. The standard InChI is InChI=1S/C10H12O/c1-8-2-4-9(5-3-8)11-10-6-7-10/h2-5,10H,6-7H2,1H3. The van der Waals surface area contributed by atoms with E-state index in [1.54, 1.807) is 0 Å². The maximum atomic E-state index is 5.58. The van der Waals surface area contributed by atoms with E-state index in [-0.39, 0.29) is 0 Å². The fourth-order valence-electron chi connectivity index (χ4n) is 0.995. The molecular formula is C10H12O. The van der Waals surface area contributed by atoms with Gasteiger partial charge in [-0.3, -0.25) is 0 Å². The predicted octanol–water partition coefficient (Wildman–Crippen LogP) is 2.54. The van der Waals surface area contributed by atoms with E-state index in [4.69, 9.17) is 4.74 Å². The first-order valence-corrected chi connectivity index (χ1v) is 4.08. The van der Waals surface area contributed by atoms with Gasteiger partial charge < -0.3 is 4.74 Å². The average Bonchev–Trinajstić information content (AvgIpc) is 2.78. The van der Waals surface area contributed by atoms with Gasteiger partial charge in [0, 0.05) is 0 Å². The highest BCUT2D eigenvalue weighted by Gasteiger charge is 2.23. The Balaban J connectivity index is 2.06. The molecule has 0 N–H and O–H groups in total. The third kappa shape index (κ3) is 1.73. The van der Waals surface area contributed by atoms with Gasteiger partial charge in [0.05, 0.1) is 6.10 Å². The van der Waals surface area contributed by atoms with Gasteiger partial charge in [-0.1, -0.05) is 17.7 Å². The Morgan fingerprint density at radius 1 is 1.18 bits per heavy atom. The molecule has 2 rings (SSSR count). The first-order chi connectivity index (χ1) is 5.34. The summed E-state index contributed by atoms with van der Waals surface area (Å²) in [5.41, 5.74) is 1.29. The van der Waals surface area contributed by atoms with Gasteiger partial charge in [-0.15, -0.1) is 0 Å². The number of ether oxygens (including phenoxy) is 1. The summed E-state index contributed by atoms with van der Waals surface area (Å²) in [4.78, 5) is 0. The van der Waals surface area contributed by atoms with Gasteiger partial charge in [0.1, 0.15) is 5.75 Å². The Bertz CT molecular complexity index is 234. The lowest BCUT2D eigenvalue weighted by molar-refractivity contribution is 0.303. The van der Waals surface area contributed by atoms with E-state index in [1.165, 1.54) is 18.4 Å². The molecule has 0 amide bonds. The van der Waals surface area contributed by atoms with Crippen LogP contribution in [0.5, 0.6) is 5.75 Å². The molecule has 58 valence electrons. The molecule has 1 heteroatoms. The Morgan fingerprint density at radius 2 is 1.82 bits per heavy atom. The average molecular weight is 148 g/mol. The molecule has 1 aliphatic carbocycles. The highest BCUT2D eigenvalue weighted by molar-refractivity contribution is 5.26. The highest BCUT2D eigenvalue weighted by Crippen LogP contribution is 2.26. The molecule has 11 heavy (non-hydrogen) atoms. The molecule has 0 radical (unpaired) electrons. The van der Waals surface area contributed by atoms with Crippen molar-refractivity contribution in [3.63, 3.8) is 0 Å². The van der Waals surface area contributed by atoms with E-state index in [9.17, 15) is 0 Å². The van der Waals surface area contributed by atoms with Crippen LogP contribution in [0.2, 0.25) is 0 Å². The summed E-state index contributed by atoms with van der Waals surface area (Å²) in [5.74, 6) is 1.01. The van der Waals surface area contributed by atoms with Crippen LogP contribution in [0.3, 0.4) is 0 Å². The molecule has 0 unspecified atom stereocenters. The van der Waals surface area contributed by atoms with Crippen LogP contribution >= 0.6 is 0 Å². The van der Waals surface area contributed by atoms with Crippen LogP contribution in [0.1, 0.15) is 18.4 Å². The zero-order chi connectivity index (χ0) is 7.68. The van der Waals surface area contributed by atoms with Crippen LogP contribution in [0.4, 0.5) is 0 Å². The van der Waals surface area contributed by atoms with Gasteiger partial charge in [-0.2, -0.15) is 0 Å². The van der Waals surface area contributed by atoms with Gasteiger partial charge in [-0.05, 0) is 31.9 Å². The van der Waals surface area contributed by atoms with Crippen molar-refractivity contribution in [2.75, 3.05) is 0 Å². The van der Waals surface area contributed by atoms with Gasteiger partial charge >= 0.3 is 0 Å². The Kier molecular flexibility index (Phi) is 1.57. The minimum atomic E-state index is 0.512. The SMILES string of the molecule is Cc1ccc(OC2CC2)cc1. The van der Waals surface area contributed by atoms with E-state index in [2.05, 4.69) is 19.1 Å². The number of rotatable bonds is 2. The number of aryl methyl sites for hydroxylation is 1. The van der Waals surface area contributed by atoms with Crippen molar-refractivity contribution in [1.82, 2.24) is 0 Å². The van der Waals surface area contributed by atoms with Crippen molar-refractivity contribution in [2.45, 2.75) is 25.9 Å². The van der Waals surface area contributed by atoms with Crippen LogP contribution in [-0.2, 0) is 0 Å². The largest absolute Gasteiger partial charge is 0.490 e. The molecule has 0 bridgehead atoms. The predicted molar refractivity (Wildman–Crippen MR) is 44.8 cm³/mol. The molecule has 0 aliphatic heterocycles. The van der Waals surface area contributed by atoms with Gasteiger partial charge in [0.2, 0.25) is 0 Å². The van der Waals surface area contributed by atoms with Crippen molar-refractivity contribution >= 4 is 0 Å². The normalized spacial score (nSPS) is 16.5. The smallest absolute Gasteiger partial charge is 0.119 e. The lowest BCUT2D eigenvalue weighted by Gasteiger charge is -2.02. The molecule has 0 heterocycles. The molecule has 0 saturated heterocycles. The second-order valence-corrected chi connectivity index (χ2v) is 3.13. The molecule has 1 nitrogen and oxygen atoms in total. The molecule has 1 aromatic rings. The summed E-state index contributed by atoms with van der Waals surface area (Å²) in [7, 11) is 0. The zero-order valence-corrected chi connectivity index (χ0v) is 6.71. The maximum absolute atomic E-state index is 5.58. The Labute approximate surface area is 67.0 Å². The minimum Gasteiger partial charge on any atom is -0.490 e. The molecule has 1 aliphatic rings. The van der Waals surface area contributed by atoms with Crippen molar-refractivity contribution in [1.29, 1.82) is 0 Å². The third-order valence-electron chi connectivity index (χ3n) is 1.85. The fraction of sp³-hybridized carbons (Fsp3) is 0.400. The Morgan fingerprint density at radius 3 is 2.36 bits per heavy atom. The van der Waals surface area contributed by atoms with Crippen LogP contribution in [0, 0.1) is 6.92 Å². The second-order valence-electron chi connectivity index (χ2n) is 3.13. The van der Waals surface area contributed by atoms with Gasteiger partial charge in [0.25, 0.3) is 0 Å². The van der Waals surface area contributed by atoms with Crippen molar-refractivity contribution < 1.29 is 4.74 Å². The molecule has 1 saturated carbocycles. The summed E-state index contributed by atoms with van der Waals surface area (Å²) in [5, 5.41) is 0. The lowest BCUT2D eigenvalue weighted by atomic mass is 10.2. The molecular weight excluding hydrogens is 136 g/mol. The van der Waals surface area contributed by atoms with E-state index >= 15 is 0 Å². The van der Waals surface area contributed by atoms with Gasteiger partial charge in [0.15, 0.2) is 0 Å². The van der Waals surface area contributed by atoms with Crippen molar-refractivity contribution in [3.8, 4) is 5.75 Å². The summed E-state index contributed by atoms with van der Waals surface area (Å²) < 4.78 is 5.58. The van der Waals surface area contributed by atoms with Crippen molar-refractivity contribution in [3.05, 3.63) is 29.8 Å². The van der Waals surface area contributed by atoms with Crippen LogP contribution < -0.4 is 4.74 Å². The number of hydrogen-bond donors (Lipinski definition) is 0. The summed E-state index contributed by atoms with van der Waals surface area (Å²) in [6, 6.07) is 8.23. The highest BCUT2D eigenvalue weighted by atomic mass is 16.5. The van der Waals surface area contributed by atoms with E-state index < -0.39 is 0 Å². The summed E-state index contributed by atoms with van der Waals surface area (Å²) in [6.45, 7) is 2.08. The second kappa shape index (κ2) is 2.57. The quantitative estimate of drug-likeness (QED) is 0.626. The van der Waals surface area contributed by atoms with E-state index in [0.29, 0.717) is 6.10 Å². The van der Waals surface area contributed by atoms with Gasteiger partial charge in [-0.25, -0.2) is 0 Å². The molecule has 0 spiro atoms. The molecule has 0 atom stereocenters. The number of hydrogen-bond acceptors (Lipinski definition) is 1. The third-order valence-corrected chi connectivity index (χ3v) is 1.85. The monoisotopic (exact) mass is 148 g/mol. The first-order valence-electron chi connectivity index (χ1n) is 4.08. The molecule has 0 aromatic heterocycles. The van der Waals surface area contributed by atoms with Crippen LogP contribution in [-0.4, -0.2) is 6.10 Å². The minimum absolute atomic E-state index is 0.512. The molecule has 1 aromatic carbocycles. The number of benzene rings is 1. The van der Waals surface area contributed by atoms with E-state index in [1.807, 2.05) is 12.1 Å². The fourth-order valence-corrected chi connectivity index (χ4v) is 0.995. The first kappa shape index (κ1) is 6.71. The molecule has 1 fully saturated rings. The lowest BCUT2D eigenvalue weighted by Crippen LogP contribution is -1.94. The zero-order valence-electron chi connectivity index (χ0n) is 6.71.